The molecule has 1 N–H and O–H groups in total. The largest absolute Gasteiger partial charge is 0.491 e. The van der Waals surface area contributed by atoms with Gasteiger partial charge in [0.05, 0.1) is 19.1 Å². The van der Waals surface area contributed by atoms with E-state index in [1.165, 1.54) is 4.88 Å². The second kappa shape index (κ2) is 7.68. The third-order valence-corrected chi connectivity index (χ3v) is 5.15. The summed E-state index contributed by atoms with van der Waals surface area (Å²) in [6, 6.07) is 12.2. The summed E-state index contributed by atoms with van der Waals surface area (Å²) < 4.78 is 5.72. The molecule has 0 bridgehead atoms. The quantitative estimate of drug-likeness (QED) is 0.927. The number of ether oxygens (including phenoxy) is 1. The topological polar surface area (TPSA) is 44.8 Å². The number of carbonyl (C=O) groups excluding carboxylic acids is 1. The van der Waals surface area contributed by atoms with E-state index in [-0.39, 0.29) is 12.1 Å². The summed E-state index contributed by atoms with van der Waals surface area (Å²) in [5.41, 5.74) is 1.05. The molecule has 0 saturated heterocycles. The average Bonchev–Trinajstić information content (AvgIpc) is 3.00. The molecule has 2 heterocycles. The highest BCUT2D eigenvalue weighted by molar-refractivity contribution is 7.10. The zero-order chi connectivity index (χ0) is 16.9. The molecule has 5 nitrogen and oxygen atoms in total. The Morgan fingerprint density at radius 1 is 1.33 bits per heavy atom. The summed E-state index contributed by atoms with van der Waals surface area (Å²) in [4.78, 5) is 17.8. The Labute approximate surface area is 146 Å². The number of benzene rings is 1. The van der Waals surface area contributed by atoms with Gasteiger partial charge >= 0.3 is 6.03 Å². The molecule has 24 heavy (non-hydrogen) atoms. The number of nitrogens with one attached hydrogen (secondary N) is 1. The van der Waals surface area contributed by atoms with E-state index in [2.05, 4.69) is 21.7 Å². The molecule has 1 aromatic heterocycles. The molecule has 1 atom stereocenters. The molecule has 0 fully saturated rings. The van der Waals surface area contributed by atoms with Crippen molar-refractivity contribution in [1.29, 1.82) is 0 Å². The van der Waals surface area contributed by atoms with Crippen LogP contribution in [0.25, 0.3) is 0 Å². The molecule has 1 aliphatic rings. The van der Waals surface area contributed by atoms with Crippen molar-refractivity contribution < 1.29 is 9.53 Å². The van der Waals surface area contributed by atoms with Crippen molar-refractivity contribution in [3.63, 3.8) is 0 Å². The van der Waals surface area contributed by atoms with Crippen molar-refractivity contribution in [2.45, 2.75) is 12.6 Å². The minimum Gasteiger partial charge on any atom is -0.491 e. The number of urea groups is 1. The Kier molecular flexibility index (Phi) is 5.37. The summed E-state index contributed by atoms with van der Waals surface area (Å²) >= 11 is 1.71. The van der Waals surface area contributed by atoms with Crippen molar-refractivity contribution in [3.8, 4) is 5.75 Å². The lowest BCUT2D eigenvalue weighted by atomic mass is 10.2. The maximum Gasteiger partial charge on any atom is 0.317 e. The highest BCUT2D eigenvalue weighted by Crippen LogP contribution is 2.24. The average molecular weight is 345 g/mol. The van der Waals surface area contributed by atoms with Gasteiger partial charge in [0, 0.05) is 17.0 Å². The molecule has 2 amide bonds. The molecule has 0 radical (unpaired) electrons. The van der Waals surface area contributed by atoms with Crippen molar-refractivity contribution >= 4 is 17.4 Å². The van der Waals surface area contributed by atoms with E-state index in [0.29, 0.717) is 26.2 Å². The molecule has 2 aromatic rings. The van der Waals surface area contributed by atoms with Crippen molar-refractivity contribution in [2.75, 3.05) is 33.8 Å². The number of para-hydroxylation sites is 1. The molecular weight excluding hydrogens is 322 g/mol. The number of fused-ring (bicyclic) bond motifs is 1. The first kappa shape index (κ1) is 16.8. The Balaban J connectivity index is 1.62. The molecule has 1 aliphatic heterocycles. The van der Waals surface area contributed by atoms with Gasteiger partial charge < -0.3 is 19.9 Å². The van der Waals surface area contributed by atoms with Crippen LogP contribution in [-0.2, 0) is 6.54 Å². The predicted octanol–water partition coefficient (Wildman–Crippen LogP) is 2.96. The van der Waals surface area contributed by atoms with E-state index in [1.54, 1.807) is 11.3 Å². The molecule has 3 rings (SSSR count). The van der Waals surface area contributed by atoms with E-state index in [1.807, 2.05) is 49.3 Å². The summed E-state index contributed by atoms with van der Waals surface area (Å²) in [5.74, 6) is 0.873. The second-order valence-electron chi connectivity index (χ2n) is 6.06. The third-order valence-electron chi connectivity index (χ3n) is 4.18. The van der Waals surface area contributed by atoms with Gasteiger partial charge in [-0.25, -0.2) is 4.79 Å². The standard InChI is InChI=1S/C18H23N3O2S/c1-20(2)15(17-8-5-11-24-17)12-19-18(22)21-9-10-23-16-7-4-3-6-14(16)13-21/h3-8,11,15H,9-10,12-13H2,1-2H3,(H,19,22)/t15-/m0/s1. The van der Waals surface area contributed by atoms with Crippen LogP contribution in [0, 0.1) is 0 Å². The number of nitrogens with zero attached hydrogens (tertiary/aromatic N) is 2. The number of thiophene rings is 1. The molecule has 0 spiro atoms. The van der Waals surface area contributed by atoms with Crippen LogP contribution < -0.4 is 10.1 Å². The van der Waals surface area contributed by atoms with Crippen LogP contribution in [-0.4, -0.2) is 49.6 Å². The van der Waals surface area contributed by atoms with E-state index >= 15 is 0 Å². The molecule has 0 saturated carbocycles. The zero-order valence-corrected chi connectivity index (χ0v) is 14.9. The number of rotatable bonds is 4. The molecule has 128 valence electrons. The lowest BCUT2D eigenvalue weighted by Gasteiger charge is -2.26. The lowest BCUT2D eigenvalue weighted by Crippen LogP contribution is -2.43. The fourth-order valence-corrected chi connectivity index (χ4v) is 3.74. The number of hydrogen-bond donors (Lipinski definition) is 1. The first-order valence-corrected chi connectivity index (χ1v) is 8.96. The minimum absolute atomic E-state index is 0.0429. The van der Waals surface area contributed by atoms with Crippen molar-refractivity contribution in [3.05, 3.63) is 52.2 Å². The van der Waals surface area contributed by atoms with E-state index < -0.39 is 0 Å². The lowest BCUT2D eigenvalue weighted by molar-refractivity contribution is 0.183. The van der Waals surface area contributed by atoms with E-state index in [9.17, 15) is 4.79 Å². The van der Waals surface area contributed by atoms with E-state index in [0.717, 1.165) is 11.3 Å². The highest BCUT2D eigenvalue weighted by Gasteiger charge is 2.21. The van der Waals surface area contributed by atoms with Gasteiger partial charge in [-0.3, -0.25) is 0 Å². The Morgan fingerprint density at radius 2 is 2.17 bits per heavy atom. The number of amides is 2. The SMILES string of the molecule is CN(C)[C@@H](CNC(=O)N1CCOc2ccccc2C1)c1cccs1. The monoisotopic (exact) mass is 345 g/mol. The minimum atomic E-state index is -0.0429. The molecule has 0 unspecified atom stereocenters. The molecule has 6 heteroatoms. The Hall–Kier alpha value is -2.05. The number of carbonyl (C=O) groups is 1. The zero-order valence-electron chi connectivity index (χ0n) is 14.1. The van der Waals surface area contributed by atoms with Gasteiger partial charge in [-0.05, 0) is 31.6 Å². The van der Waals surface area contributed by atoms with Gasteiger partial charge in [0.2, 0.25) is 0 Å². The highest BCUT2D eigenvalue weighted by atomic mass is 32.1. The fraction of sp³-hybridized carbons (Fsp3) is 0.389. The number of likely N-dealkylation sites (N-methyl/N-ethyl adjacent to an activating group) is 1. The summed E-state index contributed by atoms with van der Waals surface area (Å²) in [6.07, 6.45) is 0. The maximum absolute atomic E-state index is 12.6. The van der Waals surface area contributed by atoms with Crippen molar-refractivity contribution in [2.24, 2.45) is 0 Å². The van der Waals surface area contributed by atoms with Crippen LogP contribution in [0.15, 0.2) is 41.8 Å². The molecular formula is C18H23N3O2S. The van der Waals surface area contributed by atoms with Crippen LogP contribution >= 0.6 is 11.3 Å². The van der Waals surface area contributed by atoms with Gasteiger partial charge in [-0.15, -0.1) is 11.3 Å². The van der Waals surface area contributed by atoms with Gasteiger partial charge in [0.1, 0.15) is 12.4 Å². The molecule has 1 aromatic carbocycles. The second-order valence-corrected chi connectivity index (χ2v) is 7.04. The fourth-order valence-electron chi connectivity index (χ4n) is 2.81. The van der Waals surface area contributed by atoms with E-state index in [4.69, 9.17) is 4.74 Å². The normalized spacial score (nSPS) is 15.4. The predicted molar refractivity (Wildman–Crippen MR) is 96.5 cm³/mol. The summed E-state index contributed by atoms with van der Waals surface area (Å²) in [7, 11) is 4.07. The smallest absolute Gasteiger partial charge is 0.317 e. The summed E-state index contributed by atoms with van der Waals surface area (Å²) in [5, 5.41) is 5.14. The first-order valence-electron chi connectivity index (χ1n) is 8.08. The molecule has 0 aliphatic carbocycles. The Bertz CT molecular complexity index is 673. The first-order chi connectivity index (χ1) is 11.6. The van der Waals surface area contributed by atoms with Crippen LogP contribution in [0.1, 0.15) is 16.5 Å². The van der Waals surface area contributed by atoms with Crippen molar-refractivity contribution in [1.82, 2.24) is 15.1 Å². The summed E-state index contributed by atoms with van der Waals surface area (Å²) in [6.45, 7) is 2.28. The van der Waals surface area contributed by atoms with Crippen LogP contribution in [0.5, 0.6) is 5.75 Å². The van der Waals surface area contributed by atoms with Gasteiger partial charge in [0.25, 0.3) is 0 Å². The Morgan fingerprint density at radius 3 is 2.92 bits per heavy atom. The number of hydrogen-bond acceptors (Lipinski definition) is 4. The van der Waals surface area contributed by atoms with Gasteiger partial charge in [0.15, 0.2) is 0 Å². The van der Waals surface area contributed by atoms with Gasteiger partial charge in [-0.2, -0.15) is 0 Å². The van der Waals surface area contributed by atoms with Crippen LogP contribution in [0.3, 0.4) is 0 Å². The maximum atomic E-state index is 12.6. The third kappa shape index (κ3) is 3.88. The van der Waals surface area contributed by atoms with Gasteiger partial charge in [-0.1, -0.05) is 24.3 Å². The van der Waals surface area contributed by atoms with Crippen LogP contribution in [0.4, 0.5) is 4.79 Å². The van der Waals surface area contributed by atoms with Crippen LogP contribution in [0.2, 0.25) is 0 Å².